The highest BCUT2D eigenvalue weighted by Gasteiger charge is 2.77. The largest absolute Gasteiger partial charge is 0.465 e. The molecule has 220 valence electrons. The lowest BCUT2D eigenvalue weighted by molar-refractivity contribution is -0.155. The van der Waals surface area contributed by atoms with Gasteiger partial charge in [-0.15, -0.1) is 24.9 Å². The highest BCUT2D eigenvalue weighted by molar-refractivity contribution is 8.02. The molecule has 0 aromatic heterocycles. The summed E-state index contributed by atoms with van der Waals surface area (Å²) in [4.78, 5) is 46.1. The smallest absolute Gasteiger partial charge is 0.310 e. The second-order valence-electron chi connectivity index (χ2n) is 12.1. The van der Waals surface area contributed by atoms with Crippen LogP contribution in [0.5, 0.6) is 0 Å². The number of nitrogens with zero attached hydrogens (tertiary/aromatic N) is 2. The average molecular weight is 563 g/mol. The van der Waals surface area contributed by atoms with Gasteiger partial charge in [0.25, 0.3) is 0 Å². The predicted octanol–water partition coefficient (Wildman–Crippen LogP) is 4.83. The third-order valence-corrected chi connectivity index (χ3v) is 11.0. The minimum atomic E-state index is -0.736. The number of likely N-dealkylation sites (tertiary alicyclic amines) is 1. The summed E-state index contributed by atoms with van der Waals surface area (Å²) in [5.41, 5.74) is 0. The van der Waals surface area contributed by atoms with Crippen molar-refractivity contribution in [1.82, 2.24) is 9.80 Å². The van der Waals surface area contributed by atoms with Crippen molar-refractivity contribution in [3.05, 3.63) is 25.3 Å². The van der Waals surface area contributed by atoms with Crippen LogP contribution < -0.4 is 0 Å². The number of rotatable bonds is 16. The van der Waals surface area contributed by atoms with Gasteiger partial charge < -0.3 is 19.6 Å². The Morgan fingerprint density at radius 2 is 1.97 bits per heavy atom. The highest BCUT2D eigenvalue weighted by atomic mass is 32.2. The van der Waals surface area contributed by atoms with Crippen molar-refractivity contribution in [2.75, 3.05) is 19.8 Å². The number of ether oxygens (including phenoxy) is 1. The molecule has 8 atom stereocenters. The van der Waals surface area contributed by atoms with Crippen molar-refractivity contribution in [1.29, 1.82) is 0 Å². The Morgan fingerprint density at radius 1 is 1.26 bits per heavy atom. The minimum Gasteiger partial charge on any atom is -0.465 e. The van der Waals surface area contributed by atoms with Gasteiger partial charge in [-0.1, -0.05) is 46.3 Å². The molecular weight excluding hydrogens is 512 g/mol. The maximum atomic E-state index is 14.6. The maximum Gasteiger partial charge on any atom is 0.310 e. The first-order valence-electron chi connectivity index (χ1n) is 14.9. The summed E-state index contributed by atoms with van der Waals surface area (Å²) in [7, 11) is 0. The Morgan fingerprint density at radius 3 is 2.56 bits per heavy atom. The molecule has 0 aromatic carbocycles. The monoisotopic (exact) mass is 562 g/mol. The van der Waals surface area contributed by atoms with Gasteiger partial charge in [0.05, 0.1) is 35.8 Å². The topological polar surface area (TPSA) is 87.1 Å². The fourth-order valence-electron chi connectivity index (χ4n) is 7.24. The molecule has 2 bridgehead atoms. The molecule has 8 heteroatoms. The van der Waals surface area contributed by atoms with E-state index in [0.717, 1.165) is 38.5 Å². The SMILES string of the molecule is C=CCCCCOC(=O)[C@@H]1[C@H]2C(=O)N([C@@H](CO)CC(C)C)C(C(=O)N(CC=C)C(C)CCC)C23S[C@@H]1CC3C. The summed E-state index contributed by atoms with van der Waals surface area (Å²) in [5, 5.41) is 10.5. The van der Waals surface area contributed by atoms with Crippen LogP contribution in [-0.2, 0) is 19.1 Å². The van der Waals surface area contributed by atoms with Crippen LogP contribution in [-0.4, -0.2) is 80.6 Å². The molecule has 0 radical (unpaired) electrons. The second kappa shape index (κ2) is 13.7. The first kappa shape index (κ1) is 31.7. The molecule has 1 spiro atoms. The van der Waals surface area contributed by atoms with Crippen molar-refractivity contribution >= 4 is 29.5 Å². The lowest BCUT2D eigenvalue weighted by Gasteiger charge is -2.43. The summed E-state index contributed by atoms with van der Waals surface area (Å²) >= 11 is 1.66. The molecule has 0 saturated carbocycles. The van der Waals surface area contributed by atoms with Gasteiger partial charge in [-0.05, 0) is 57.3 Å². The van der Waals surface area contributed by atoms with Gasteiger partial charge in [0.15, 0.2) is 0 Å². The molecule has 4 unspecified atom stereocenters. The van der Waals surface area contributed by atoms with Crippen LogP contribution in [0.25, 0.3) is 0 Å². The molecule has 3 aliphatic rings. The normalized spacial score (nSPS) is 30.8. The van der Waals surface area contributed by atoms with Crippen LogP contribution in [0, 0.1) is 23.7 Å². The van der Waals surface area contributed by atoms with E-state index in [1.54, 1.807) is 22.7 Å². The minimum absolute atomic E-state index is 0.0131. The molecule has 3 fully saturated rings. The van der Waals surface area contributed by atoms with Crippen molar-refractivity contribution in [3.63, 3.8) is 0 Å². The predicted molar refractivity (Wildman–Crippen MR) is 157 cm³/mol. The van der Waals surface area contributed by atoms with E-state index in [-0.39, 0.29) is 47.5 Å². The number of allylic oxidation sites excluding steroid dienone is 1. The van der Waals surface area contributed by atoms with Gasteiger partial charge in [-0.3, -0.25) is 14.4 Å². The molecule has 3 saturated heterocycles. The summed E-state index contributed by atoms with van der Waals surface area (Å²) in [6.07, 6.45) is 9.25. The number of thioether (sulfide) groups is 1. The van der Waals surface area contributed by atoms with E-state index in [2.05, 4.69) is 40.9 Å². The number of carbonyl (C=O) groups is 3. The summed E-state index contributed by atoms with van der Waals surface area (Å²) in [6, 6.07) is -1.23. The van der Waals surface area contributed by atoms with Gasteiger partial charge in [0, 0.05) is 17.8 Å². The van der Waals surface area contributed by atoms with Gasteiger partial charge >= 0.3 is 5.97 Å². The first-order valence-corrected chi connectivity index (χ1v) is 15.8. The number of unbranched alkanes of at least 4 members (excludes halogenated alkanes) is 2. The Balaban J connectivity index is 2.04. The van der Waals surface area contributed by atoms with Crippen LogP contribution in [0.3, 0.4) is 0 Å². The van der Waals surface area contributed by atoms with E-state index >= 15 is 0 Å². The van der Waals surface area contributed by atoms with E-state index in [1.165, 1.54) is 0 Å². The Bertz CT molecular complexity index is 909. The number of aliphatic hydroxyl groups excluding tert-OH is 1. The molecule has 0 aromatic rings. The Kier molecular flexibility index (Phi) is 11.2. The standard InChI is InChI=1S/C31H50N2O5S/c1-8-11-12-13-16-38-30(37)25-24-18-21(6)31(39-24)26(25)28(35)33(23(19-34)17-20(4)5)27(31)29(36)32(15-10-3)22(7)14-9-2/h8,10,20-27,34H,1,3,9,11-19H2,2,4-7H3/t21?,22?,23-,24-,25+,26+,27?,31?/m1/s1. The maximum absolute atomic E-state index is 14.6. The van der Waals surface area contributed by atoms with Crippen LogP contribution in [0.2, 0.25) is 0 Å². The van der Waals surface area contributed by atoms with E-state index in [0.29, 0.717) is 19.6 Å². The lowest BCUT2D eigenvalue weighted by atomic mass is 9.66. The number of hydrogen-bond acceptors (Lipinski definition) is 6. The van der Waals surface area contributed by atoms with Crippen LogP contribution in [0.15, 0.2) is 25.3 Å². The van der Waals surface area contributed by atoms with Crippen molar-refractivity contribution in [2.45, 2.75) is 108 Å². The molecule has 2 amide bonds. The summed E-state index contributed by atoms with van der Waals surface area (Å²) in [5.74, 6) is -1.49. The van der Waals surface area contributed by atoms with Crippen molar-refractivity contribution < 1.29 is 24.2 Å². The summed E-state index contributed by atoms with van der Waals surface area (Å²) < 4.78 is 5.02. The first-order chi connectivity index (χ1) is 18.6. The fraction of sp³-hybridized carbons (Fsp3) is 0.774. The molecule has 3 rings (SSSR count). The zero-order valence-corrected chi connectivity index (χ0v) is 25.5. The Hall–Kier alpha value is -1.80. The molecule has 39 heavy (non-hydrogen) atoms. The average Bonchev–Trinajstić information content (AvgIpc) is 3.48. The van der Waals surface area contributed by atoms with E-state index in [4.69, 9.17) is 4.74 Å². The molecule has 0 aliphatic carbocycles. The van der Waals surface area contributed by atoms with E-state index in [9.17, 15) is 19.5 Å². The lowest BCUT2D eigenvalue weighted by Crippen LogP contribution is -2.60. The number of hydrogen-bond donors (Lipinski definition) is 1. The molecule has 1 N–H and O–H groups in total. The zero-order chi connectivity index (χ0) is 28.9. The number of aliphatic hydroxyl groups is 1. The van der Waals surface area contributed by atoms with Gasteiger partial charge in [0.2, 0.25) is 11.8 Å². The Labute approximate surface area is 239 Å². The zero-order valence-electron chi connectivity index (χ0n) is 24.6. The van der Waals surface area contributed by atoms with E-state index < -0.39 is 28.7 Å². The third-order valence-electron chi connectivity index (χ3n) is 8.93. The molecular formula is C31H50N2O5S. The highest BCUT2D eigenvalue weighted by Crippen LogP contribution is 2.69. The van der Waals surface area contributed by atoms with Gasteiger partial charge in [0.1, 0.15) is 6.04 Å². The number of esters is 1. The van der Waals surface area contributed by atoms with Crippen LogP contribution >= 0.6 is 11.8 Å². The van der Waals surface area contributed by atoms with Crippen molar-refractivity contribution in [2.24, 2.45) is 23.7 Å². The number of fused-ring (bicyclic) bond motifs is 1. The summed E-state index contributed by atoms with van der Waals surface area (Å²) in [6.45, 7) is 18.5. The second-order valence-corrected chi connectivity index (χ2v) is 13.7. The van der Waals surface area contributed by atoms with Gasteiger partial charge in [-0.25, -0.2) is 0 Å². The molecule has 7 nitrogen and oxygen atoms in total. The van der Waals surface area contributed by atoms with Crippen LogP contribution in [0.4, 0.5) is 0 Å². The number of amides is 2. The molecule has 3 heterocycles. The van der Waals surface area contributed by atoms with Gasteiger partial charge in [-0.2, -0.15) is 0 Å². The number of carbonyl (C=O) groups excluding carboxylic acids is 3. The fourth-order valence-corrected chi connectivity index (χ4v) is 9.63. The van der Waals surface area contributed by atoms with Crippen LogP contribution in [0.1, 0.15) is 79.6 Å². The van der Waals surface area contributed by atoms with E-state index in [1.807, 2.05) is 17.9 Å². The molecule has 3 aliphatic heterocycles. The quantitative estimate of drug-likeness (QED) is 0.165. The van der Waals surface area contributed by atoms with Crippen molar-refractivity contribution in [3.8, 4) is 0 Å². The third kappa shape index (κ3) is 5.97.